The van der Waals surface area contributed by atoms with Crippen LogP contribution in [-0.4, -0.2) is 48.7 Å². The van der Waals surface area contributed by atoms with E-state index in [1.807, 2.05) is 49.4 Å². The number of ether oxygens (including phenoxy) is 4. The molecule has 0 bridgehead atoms. The first-order valence-corrected chi connectivity index (χ1v) is 9.01. The first kappa shape index (κ1) is 18.1. The van der Waals surface area contributed by atoms with Gasteiger partial charge in [0.1, 0.15) is 18.3 Å². The second kappa shape index (κ2) is 7.78. The summed E-state index contributed by atoms with van der Waals surface area (Å²) in [5.74, 6) is -0.493. The molecule has 0 amide bonds. The van der Waals surface area contributed by atoms with Gasteiger partial charge in [-0.1, -0.05) is 48.0 Å². The zero-order valence-electron chi connectivity index (χ0n) is 15.0. The minimum atomic E-state index is -0.992. The number of hydrogen-bond donors (Lipinski definition) is 1. The highest BCUT2D eigenvalue weighted by molar-refractivity contribution is 5.89. The molecule has 2 aliphatic rings. The lowest BCUT2D eigenvalue weighted by Gasteiger charge is -2.44. The van der Waals surface area contributed by atoms with Crippen molar-refractivity contribution in [3.63, 3.8) is 0 Å². The Morgan fingerprint density at radius 3 is 2.52 bits per heavy atom. The van der Waals surface area contributed by atoms with Crippen molar-refractivity contribution in [2.24, 2.45) is 0 Å². The molecule has 27 heavy (non-hydrogen) atoms. The van der Waals surface area contributed by atoms with Crippen LogP contribution in [0.25, 0.3) is 0 Å². The molecule has 2 fully saturated rings. The second-order valence-electron chi connectivity index (χ2n) is 6.85. The van der Waals surface area contributed by atoms with Crippen LogP contribution >= 0.6 is 0 Å². The Balaban J connectivity index is 1.43. The van der Waals surface area contributed by atoms with Crippen LogP contribution in [0.4, 0.5) is 0 Å². The average Bonchev–Trinajstić information content (AvgIpc) is 2.71. The molecule has 0 saturated carbocycles. The van der Waals surface area contributed by atoms with E-state index in [1.165, 1.54) is 0 Å². The van der Waals surface area contributed by atoms with E-state index in [0.717, 1.165) is 11.1 Å². The molecular weight excluding hydrogens is 348 g/mol. The minimum Gasteiger partial charge on any atom is -0.453 e. The number of fused-ring (bicyclic) bond motifs is 1. The Morgan fingerprint density at radius 2 is 1.78 bits per heavy atom. The molecule has 6 heteroatoms. The zero-order valence-corrected chi connectivity index (χ0v) is 15.0. The zero-order chi connectivity index (χ0) is 18.8. The van der Waals surface area contributed by atoms with E-state index in [2.05, 4.69) is 0 Å². The van der Waals surface area contributed by atoms with Crippen LogP contribution in [0.5, 0.6) is 0 Å². The number of esters is 1. The summed E-state index contributed by atoms with van der Waals surface area (Å²) in [6, 6.07) is 16.6. The molecule has 0 radical (unpaired) electrons. The highest BCUT2D eigenvalue weighted by Gasteiger charge is 2.46. The molecule has 2 aliphatic heterocycles. The topological polar surface area (TPSA) is 74.2 Å². The Labute approximate surface area is 157 Å². The molecule has 0 spiro atoms. The van der Waals surface area contributed by atoms with Crippen molar-refractivity contribution in [2.75, 3.05) is 13.2 Å². The lowest BCUT2D eigenvalue weighted by molar-refractivity contribution is -0.313. The van der Waals surface area contributed by atoms with Gasteiger partial charge in [0.2, 0.25) is 0 Å². The predicted molar refractivity (Wildman–Crippen MR) is 96.1 cm³/mol. The summed E-state index contributed by atoms with van der Waals surface area (Å²) in [5.41, 5.74) is 2.35. The maximum atomic E-state index is 12.4. The summed E-state index contributed by atoms with van der Waals surface area (Å²) in [4.78, 5) is 12.4. The number of carbonyl (C=O) groups excluding carboxylic acids is 1. The highest BCUT2D eigenvalue weighted by Crippen LogP contribution is 2.33. The van der Waals surface area contributed by atoms with E-state index >= 15 is 0 Å². The Hall–Kier alpha value is -2.25. The van der Waals surface area contributed by atoms with Gasteiger partial charge in [0.25, 0.3) is 0 Å². The van der Waals surface area contributed by atoms with Crippen LogP contribution in [0.1, 0.15) is 27.8 Å². The minimum absolute atomic E-state index is 0.0999. The van der Waals surface area contributed by atoms with Crippen molar-refractivity contribution < 1.29 is 28.8 Å². The molecule has 2 heterocycles. The fourth-order valence-corrected chi connectivity index (χ4v) is 3.30. The predicted octanol–water partition coefficient (Wildman–Crippen LogP) is 2.39. The quantitative estimate of drug-likeness (QED) is 0.837. The van der Waals surface area contributed by atoms with Gasteiger partial charge >= 0.3 is 5.97 Å². The molecule has 2 aromatic carbocycles. The third-order valence-corrected chi connectivity index (χ3v) is 4.87. The van der Waals surface area contributed by atoms with Crippen molar-refractivity contribution in [3.8, 4) is 0 Å². The fraction of sp³-hybridized carbons (Fsp3) is 0.381. The van der Waals surface area contributed by atoms with E-state index in [9.17, 15) is 9.90 Å². The van der Waals surface area contributed by atoms with E-state index in [4.69, 9.17) is 18.9 Å². The fourth-order valence-electron chi connectivity index (χ4n) is 3.30. The summed E-state index contributed by atoms with van der Waals surface area (Å²) in [5, 5.41) is 10.7. The normalized spacial score (nSPS) is 30.4. The molecule has 6 nitrogen and oxygen atoms in total. The molecule has 5 atom stereocenters. The van der Waals surface area contributed by atoms with Gasteiger partial charge in [-0.05, 0) is 19.1 Å². The molecule has 2 aromatic rings. The van der Waals surface area contributed by atoms with E-state index in [-0.39, 0.29) is 6.61 Å². The van der Waals surface area contributed by atoms with Gasteiger partial charge in [0.05, 0.1) is 18.8 Å². The third-order valence-electron chi connectivity index (χ3n) is 4.87. The molecule has 142 valence electrons. The van der Waals surface area contributed by atoms with Crippen molar-refractivity contribution in [1.29, 1.82) is 0 Å². The van der Waals surface area contributed by atoms with Crippen molar-refractivity contribution in [1.82, 2.24) is 0 Å². The SMILES string of the molecule is Cc1ccc(C(=O)O[C@H]2CO[C@@H]3COC(c4ccccc4)O[C@@H]3[C@@H]2O)cc1. The average molecular weight is 370 g/mol. The summed E-state index contributed by atoms with van der Waals surface area (Å²) in [7, 11) is 0. The summed E-state index contributed by atoms with van der Waals surface area (Å²) in [6.07, 6.45) is -3.40. The van der Waals surface area contributed by atoms with Gasteiger partial charge in [0, 0.05) is 5.56 Å². The van der Waals surface area contributed by atoms with Gasteiger partial charge < -0.3 is 24.1 Å². The first-order chi connectivity index (χ1) is 13.1. The number of hydrogen-bond acceptors (Lipinski definition) is 6. The van der Waals surface area contributed by atoms with E-state index in [1.54, 1.807) is 12.1 Å². The number of rotatable bonds is 3. The maximum Gasteiger partial charge on any atom is 0.338 e. The molecular formula is C21H22O6. The molecule has 0 aliphatic carbocycles. The number of carbonyl (C=O) groups is 1. The van der Waals surface area contributed by atoms with Crippen LogP contribution in [-0.2, 0) is 18.9 Å². The van der Waals surface area contributed by atoms with Crippen LogP contribution in [0.2, 0.25) is 0 Å². The third kappa shape index (κ3) is 3.89. The summed E-state index contributed by atoms with van der Waals surface area (Å²) >= 11 is 0. The Morgan fingerprint density at radius 1 is 1.04 bits per heavy atom. The van der Waals surface area contributed by atoms with Crippen LogP contribution < -0.4 is 0 Å². The summed E-state index contributed by atoms with van der Waals surface area (Å²) < 4.78 is 22.8. The van der Waals surface area contributed by atoms with Gasteiger partial charge in [-0.15, -0.1) is 0 Å². The van der Waals surface area contributed by atoms with E-state index < -0.39 is 36.7 Å². The molecule has 0 aromatic heterocycles. The monoisotopic (exact) mass is 370 g/mol. The van der Waals surface area contributed by atoms with Crippen LogP contribution in [0.3, 0.4) is 0 Å². The standard InChI is InChI=1S/C21H22O6/c1-13-7-9-14(10-8-13)20(23)26-16-11-24-17-12-25-21(27-19(17)18(16)22)15-5-3-2-4-6-15/h2-10,16-19,21-22H,11-12H2,1H3/t16-,17+,18+,19-,21?/m0/s1. The van der Waals surface area contributed by atoms with Gasteiger partial charge in [-0.3, -0.25) is 0 Å². The van der Waals surface area contributed by atoms with Crippen molar-refractivity contribution in [3.05, 3.63) is 71.3 Å². The summed E-state index contributed by atoms with van der Waals surface area (Å²) in [6.45, 7) is 2.35. The van der Waals surface area contributed by atoms with Crippen LogP contribution in [0.15, 0.2) is 54.6 Å². The lowest BCUT2D eigenvalue weighted by atomic mass is 9.98. The Kier molecular flexibility index (Phi) is 5.22. The molecule has 1 unspecified atom stereocenters. The molecule has 1 N–H and O–H groups in total. The number of aliphatic hydroxyl groups is 1. The molecule has 2 saturated heterocycles. The van der Waals surface area contributed by atoms with Crippen molar-refractivity contribution in [2.45, 2.75) is 37.6 Å². The van der Waals surface area contributed by atoms with Crippen molar-refractivity contribution >= 4 is 5.97 Å². The second-order valence-corrected chi connectivity index (χ2v) is 6.85. The first-order valence-electron chi connectivity index (χ1n) is 9.01. The van der Waals surface area contributed by atoms with Gasteiger partial charge in [-0.2, -0.15) is 0 Å². The maximum absolute atomic E-state index is 12.4. The van der Waals surface area contributed by atoms with E-state index in [0.29, 0.717) is 12.2 Å². The largest absolute Gasteiger partial charge is 0.453 e. The number of benzene rings is 2. The molecule has 4 rings (SSSR count). The number of aryl methyl sites for hydroxylation is 1. The lowest BCUT2D eigenvalue weighted by Crippen LogP contribution is -2.59. The van der Waals surface area contributed by atoms with Gasteiger partial charge in [0.15, 0.2) is 12.4 Å². The number of aliphatic hydroxyl groups excluding tert-OH is 1. The van der Waals surface area contributed by atoms with Gasteiger partial charge in [-0.25, -0.2) is 4.79 Å². The Bertz CT molecular complexity index is 775. The smallest absolute Gasteiger partial charge is 0.338 e. The highest BCUT2D eigenvalue weighted by atomic mass is 16.7. The van der Waals surface area contributed by atoms with Crippen LogP contribution in [0, 0.1) is 6.92 Å².